The van der Waals surface area contributed by atoms with Gasteiger partial charge in [0, 0.05) is 20.4 Å². The van der Waals surface area contributed by atoms with Crippen LogP contribution in [0.2, 0.25) is 5.02 Å². The lowest BCUT2D eigenvalue weighted by Gasteiger charge is -1.97. The minimum atomic E-state index is 0.318. The quantitative estimate of drug-likeness (QED) is 0.395. The summed E-state index contributed by atoms with van der Waals surface area (Å²) in [5.74, 6) is 0.318. The number of nitrogens with one attached hydrogen (secondary N) is 2. The second kappa shape index (κ2) is 6.18. The van der Waals surface area contributed by atoms with Gasteiger partial charge < -0.3 is 4.98 Å². The number of halogens is 2. The predicted octanol–water partition coefficient (Wildman–Crippen LogP) is 4.37. The molecule has 118 valence electrons. The summed E-state index contributed by atoms with van der Waals surface area (Å²) in [5.41, 5.74) is 6.02. The first-order chi connectivity index (χ1) is 11.7. The lowest BCUT2D eigenvalue weighted by Crippen LogP contribution is -1.98. The second-order valence-electron chi connectivity index (χ2n) is 5.07. The van der Waals surface area contributed by atoms with Crippen molar-refractivity contribution in [3.63, 3.8) is 0 Å². The summed E-state index contributed by atoms with van der Waals surface area (Å²) in [6.07, 6.45) is 1.66. The molecule has 24 heavy (non-hydrogen) atoms. The lowest BCUT2D eigenvalue weighted by molar-refractivity contribution is 1.01. The Bertz CT molecular complexity index is 1060. The van der Waals surface area contributed by atoms with E-state index in [1.165, 1.54) is 0 Å². The molecule has 0 saturated carbocycles. The van der Waals surface area contributed by atoms with Gasteiger partial charge in [-0.15, -0.1) is 10.2 Å². The van der Waals surface area contributed by atoms with Gasteiger partial charge in [0.25, 0.3) is 5.95 Å². The highest BCUT2D eigenvalue weighted by molar-refractivity contribution is 9.10. The Morgan fingerprint density at radius 3 is 2.79 bits per heavy atom. The van der Waals surface area contributed by atoms with Gasteiger partial charge in [0.2, 0.25) is 0 Å². The first-order valence-electron chi connectivity index (χ1n) is 7.05. The molecule has 4 aromatic rings. The molecule has 0 saturated heterocycles. The number of benzene rings is 2. The Morgan fingerprint density at radius 1 is 1.12 bits per heavy atom. The van der Waals surface area contributed by atoms with Gasteiger partial charge in [0.05, 0.1) is 6.21 Å². The van der Waals surface area contributed by atoms with E-state index in [0.29, 0.717) is 16.6 Å². The molecule has 2 N–H and O–H groups in total. The molecular weight excluding hydrogens is 392 g/mol. The Balaban J connectivity index is 1.60. The fraction of sp³-hybridized carbons (Fsp3) is 0. The van der Waals surface area contributed by atoms with Crippen LogP contribution < -0.4 is 5.43 Å². The maximum absolute atomic E-state index is 5.85. The summed E-state index contributed by atoms with van der Waals surface area (Å²) in [4.78, 5) is 7.62. The van der Waals surface area contributed by atoms with E-state index < -0.39 is 0 Å². The number of aromatic amines is 1. The monoisotopic (exact) mass is 400 g/mol. The topological polar surface area (TPSA) is 78.8 Å². The molecule has 0 aliphatic heterocycles. The number of hydrogen-bond donors (Lipinski definition) is 2. The fourth-order valence-electron chi connectivity index (χ4n) is 2.30. The first kappa shape index (κ1) is 15.0. The molecule has 2 aromatic heterocycles. The second-order valence-corrected chi connectivity index (χ2v) is 6.42. The highest BCUT2D eigenvalue weighted by Crippen LogP contribution is 2.25. The van der Waals surface area contributed by atoms with E-state index in [4.69, 9.17) is 11.6 Å². The predicted molar refractivity (Wildman–Crippen MR) is 99.6 cm³/mol. The Hall–Kier alpha value is -2.51. The summed E-state index contributed by atoms with van der Waals surface area (Å²) in [6.45, 7) is 0. The highest BCUT2D eigenvalue weighted by atomic mass is 79.9. The van der Waals surface area contributed by atoms with Crippen LogP contribution >= 0.6 is 27.5 Å². The van der Waals surface area contributed by atoms with Crippen molar-refractivity contribution in [2.24, 2.45) is 5.10 Å². The zero-order chi connectivity index (χ0) is 16.5. The van der Waals surface area contributed by atoms with Gasteiger partial charge in [-0.25, -0.2) is 5.43 Å². The van der Waals surface area contributed by atoms with Gasteiger partial charge in [0.1, 0.15) is 5.52 Å². The first-order valence-corrected chi connectivity index (χ1v) is 8.22. The zero-order valence-electron chi connectivity index (χ0n) is 12.2. The third kappa shape index (κ3) is 2.95. The van der Waals surface area contributed by atoms with Crippen LogP contribution in [-0.4, -0.2) is 26.4 Å². The minimum absolute atomic E-state index is 0.318. The van der Waals surface area contributed by atoms with Crippen molar-refractivity contribution in [1.29, 1.82) is 0 Å². The number of nitrogens with zero attached hydrogens (tertiary/aromatic N) is 4. The molecule has 4 rings (SSSR count). The normalized spacial score (nSPS) is 11.6. The van der Waals surface area contributed by atoms with Gasteiger partial charge >= 0.3 is 0 Å². The number of hydrogen-bond acceptors (Lipinski definition) is 5. The number of H-pyrrole nitrogens is 1. The molecule has 0 atom stereocenters. The SMILES string of the molecule is Clc1ccc(/C=N/Nc2nnc3c(n2)[nH]c2ccc(Br)cc23)cc1. The molecule has 2 aromatic carbocycles. The van der Waals surface area contributed by atoms with Gasteiger partial charge in [-0.05, 0) is 35.9 Å². The Kier molecular flexibility index (Phi) is 3.87. The van der Waals surface area contributed by atoms with Crippen LogP contribution in [0.25, 0.3) is 22.1 Å². The third-order valence-electron chi connectivity index (χ3n) is 3.42. The van der Waals surface area contributed by atoms with Crippen LogP contribution in [-0.2, 0) is 0 Å². The van der Waals surface area contributed by atoms with Crippen LogP contribution in [0.4, 0.5) is 5.95 Å². The molecule has 8 heteroatoms. The molecule has 0 unspecified atom stereocenters. The van der Waals surface area contributed by atoms with Crippen LogP contribution in [0.5, 0.6) is 0 Å². The molecule has 0 aliphatic carbocycles. The summed E-state index contributed by atoms with van der Waals surface area (Å²) in [6, 6.07) is 13.2. The van der Waals surface area contributed by atoms with E-state index >= 15 is 0 Å². The maximum Gasteiger partial charge on any atom is 0.265 e. The minimum Gasteiger partial charge on any atom is -0.338 e. The standard InChI is InChI=1S/C16H10BrClN6/c17-10-3-6-13-12(7-10)14-15(20-13)21-16(24-22-14)23-19-8-9-1-4-11(18)5-2-9/h1-8H,(H2,20,21,23,24)/b19-8+. The van der Waals surface area contributed by atoms with Crippen LogP contribution in [0.15, 0.2) is 52.0 Å². The maximum atomic E-state index is 5.85. The Morgan fingerprint density at radius 2 is 1.96 bits per heavy atom. The van der Waals surface area contributed by atoms with E-state index in [1.807, 2.05) is 30.3 Å². The highest BCUT2D eigenvalue weighted by Gasteiger charge is 2.09. The third-order valence-corrected chi connectivity index (χ3v) is 4.17. The van der Waals surface area contributed by atoms with Crippen LogP contribution in [0.1, 0.15) is 5.56 Å². The van der Waals surface area contributed by atoms with Gasteiger partial charge in [-0.2, -0.15) is 10.1 Å². The van der Waals surface area contributed by atoms with E-state index in [-0.39, 0.29) is 0 Å². The Labute approximate surface area is 150 Å². The van der Waals surface area contributed by atoms with Crippen molar-refractivity contribution < 1.29 is 0 Å². The van der Waals surface area contributed by atoms with Crippen molar-refractivity contribution >= 4 is 61.8 Å². The van der Waals surface area contributed by atoms with Crippen molar-refractivity contribution in [2.45, 2.75) is 0 Å². The fourth-order valence-corrected chi connectivity index (χ4v) is 2.79. The number of rotatable bonds is 3. The molecule has 6 nitrogen and oxygen atoms in total. The lowest BCUT2D eigenvalue weighted by atomic mass is 10.2. The van der Waals surface area contributed by atoms with Crippen molar-refractivity contribution in [3.05, 3.63) is 57.5 Å². The summed E-state index contributed by atoms with van der Waals surface area (Å²) in [5, 5.41) is 14.1. The number of fused-ring (bicyclic) bond motifs is 3. The number of aromatic nitrogens is 4. The number of hydrazone groups is 1. The molecule has 0 spiro atoms. The number of anilines is 1. The van der Waals surface area contributed by atoms with E-state index in [1.54, 1.807) is 18.3 Å². The van der Waals surface area contributed by atoms with Crippen molar-refractivity contribution in [2.75, 3.05) is 5.43 Å². The van der Waals surface area contributed by atoms with Crippen molar-refractivity contribution in [1.82, 2.24) is 20.2 Å². The average molecular weight is 402 g/mol. The molecule has 0 fully saturated rings. The van der Waals surface area contributed by atoms with Gasteiger partial charge in [-0.3, -0.25) is 0 Å². The van der Waals surface area contributed by atoms with Crippen molar-refractivity contribution in [3.8, 4) is 0 Å². The van der Waals surface area contributed by atoms with Crippen LogP contribution in [0.3, 0.4) is 0 Å². The molecule has 2 heterocycles. The largest absolute Gasteiger partial charge is 0.338 e. The van der Waals surface area contributed by atoms with Crippen LogP contribution in [0, 0.1) is 0 Å². The van der Waals surface area contributed by atoms with Gasteiger partial charge in [-0.1, -0.05) is 39.7 Å². The summed E-state index contributed by atoms with van der Waals surface area (Å²) < 4.78 is 0.979. The van der Waals surface area contributed by atoms with Gasteiger partial charge in [0.15, 0.2) is 5.65 Å². The molecule has 0 aliphatic rings. The van der Waals surface area contributed by atoms with E-state index in [0.717, 1.165) is 26.5 Å². The molecule has 0 amide bonds. The summed E-state index contributed by atoms with van der Waals surface area (Å²) >= 11 is 9.30. The molecular formula is C16H10BrClN6. The smallest absolute Gasteiger partial charge is 0.265 e. The zero-order valence-corrected chi connectivity index (χ0v) is 14.5. The average Bonchev–Trinajstić information content (AvgIpc) is 2.94. The summed E-state index contributed by atoms with van der Waals surface area (Å²) in [7, 11) is 0. The van der Waals surface area contributed by atoms with E-state index in [9.17, 15) is 0 Å². The molecule has 0 bridgehead atoms. The van der Waals surface area contributed by atoms with E-state index in [2.05, 4.69) is 46.6 Å². The molecule has 0 radical (unpaired) electrons.